The van der Waals surface area contributed by atoms with Gasteiger partial charge in [-0.25, -0.2) is 9.79 Å². The summed E-state index contributed by atoms with van der Waals surface area (Å²) in [7, 11) is 0. The molecule has 6 nitrogen and oxygen atoms in total. The Morgan fingerprint density at radius 3 is 2.14 bits per heavy atom. The highest BCUT2D eigenvalue weighted by Crippen LogP contribution is 2.41. The van der Waals surface area contributed by atoms with Gasteiger partial charge in [0.15, 0.2) is 0 Å². The molecular weight excluding hydrogens is 456 g/mol. The molecule has 1 aromatic heterocycles. The lowest BCUT2D eigenvalue weighted by Gasteiger charge is -2.28. The number of aliphatic imine (C=N–C) groups is 1. The third-order valence-electron chi connectivity index (χ3n) is 5.57. The molecule has 0 fully saturated rings. The van der Waals surface area contributed by atoms with Crippen LogP contribution in [0.15, 0.2) is 58.9 Å². The van der Waals surface area contributed by atoms with E-state index in [0.717, 1.165) is 27.4 Å². The molecule has 0 aliphatic carbocycles. The summed E-state index contributed by atoms with van der Waals surface area (Å²) >= 11 is 1.59. The Morgan fingerprint density at radius 1 is 0.971 bits per heavy atom. The Hall–Kier alpha value is -3.32. The van der Waals surface area contributed by atoms with Crippen molar-refractivity contribution in [2.24, 2.45) is 4.99 Å². The monoisotopic (exact) mass is 492 g/mol. The molecule has 2 amide bonds. The summed E-state index contributed by atoms with van der Waals surface area (Å²) in [5, 5.41) is 22.8. The minimum Gasteiger partial charge on any atom is -0.507 e. The molecule has 35 heavy (non-hydrogen) atoms. The minimum absolute atomic E-state index is 0.255. The van der Waals surface area contributed by atoms with Crippen LogP contribution >= 0.6 is 11.3 Å². The van der Waals surface area contributed by atoms with E-state index in [1.54, 1.807) is 17.7 Å². The number of rotatable bonds is 7. The van der Waals surface area contributed by atoms with E-state index in [9.17, 15) is 9.90 Å². The van der Waals surface area contributed by atoms with Crippen LogP contribution < -0.4 is 16.0 Å². The van der Waals surface area contributed by atoms with Crippen molar-refractivity contribution in [3.05, 3.63) is 70.6 Å². The third-order valence-corrected chi connectivity index (χ3v) is 6.34. The summed E-state index contributed by atoms with van der Waals surface area (Å²) in [6.07, 6.45) is 2.40. The number of carbonyl (C=O) groups excluding carboxylic acids is 1. The lowest BCUT2D eigenvalue weighted by Crippen LogP contribution is -2.30. The van der Waals surface area contributed by atoms with Crippen LogP contribution in [0.4, 0.5) is 21.2 Å². The van der Waals surface area contributed by atoms with Gasteiger partial charge >= 0.3 is 6.03 Å². The molecule has 0 bridgehead atoms. The summed E-state index contributed by atoms with van der Waals surface area (Å²) in [5.41, 5.74) is 3.88. The fraction of sp³-hybridized carbons (Fsp3) is 0.357. The number of amides is 2. The number of urea groups is 1. The van der Waals surface area contributed by atoms with Crippen molar-refractivity contribution < 1.29 is 9.90 Å². The van der Waals surface area contributed by atoms with Crippen molar-refractivity contribution in [1.82, 2.24) is 5.32 Å². The maximum Gasteiger partial charge on any atom is 0.319 e. The largest absolute Gasteiger partial charge is 0.507 e. The normalized spacial score (nSPS) is 12.1. The highest BCUT2D eigenvalue weighted by molar-refractivity contribution is 7.13. The first kappa shape index (κ1) is 26.3. The topological polar surface area (TPSA) is 85.8 Å². The maximum atomic E-state index is 12.6. The van der Waals surface area contributed by atoms with Crippen LogP contribution in [0.25, 0.3) is 0 Å². The average Bonchev–Trinajstić information content (AvgIpc) is 3.28. The zero-order valence-corrected chi connectivity index (χ0v) is 22.2. The summed E-state index contributed by atoms with van der Waals surface area (Å²) < 4.78 is 0. The van der Waals surface area contributed by atoms with Crippen LogP contribution in [-0.4, -0.2) is 24.0 Å². The van der Waals surface area contributed by atoms with Crippen LogP contribution in [0, 0.1) is 0 Å². The second-order valence-corrected chi connectivity index (χ2v) is 11.5. The first-order chi connectivity index (χ1) is 16.4. The molecule has 0 saturated carbocycles. The molecule has 7 heteroatoms. The van der Waals surface area contributed by atoms with Gasteiger partial charge in [-0.05, 0) is 64.6 Å². The number of hydrogen-bond acceptors (Lipinski definition) is 4. The maximum absolute atomic E-state index is 12.6. The molecule has 0 radical (unpaired) electrons. The van der Waals surface area contributed by atoms with E-state index in [1.165, 1.54) is 0 Å². The summed E-state index contributed by atoms with van der Waals surface area (Å²) in [6.45, 7) is 12.8. The highest BCUT2D eigenvalue weighted by atomic mass is 32.1. The van der Waals surface area contributed by atoms with Crippen LogP contribution in [0.2, 0.25) is 0 Å². The van der Waals surface area contributed by atoms with Gasteiger partial charge in [-0.2, -0.15) is 0 Å². The van der Waals surface area contributed by atoms with Gasteiger partial charge in [0, 0.05) is 29.0 Å². The van der Waals surface area contributed by atoms with Gasteiger partial charge in [0.05, 0.1) is 6.34 Å². The molecule has 1 heterocycles. The quantitative estimate of drug-likeness (QED) is 0.160. The standard InChI is InChI=1S/C28H36N4O2S/c1-27(2,3)22-16-21(17-23(25(22)33)28(4,5)6)32-26(34)29-14-13-19-9-11-20(12-10-19)30-18-31-24-8-7-15-35-24/h7-12,15-18,33H,13-14H2,1-6H3,(H,30,31)(H2,29,32,34). The van der Waals surface area contributed by atoms with Gasteiger partial charge < -0.3 is 21.1 Å². The van der Waals surface area contributed by atoms with E-state index in [0.29, 0.717) is 24.4 Å². The Morgan fingerprint density at radius 2 is 1.60 bits per heavy atom. The summed E-state index contributed by atoms with van der Waals surface area (Å²) in [5.74, 6) is 0.298. The number of carbonyl (C=O) groups is 1. The molecular formula is C28H36N4O2S. The fourth-order valence-corrected chi connectivity index (χ4v) is 4.19. The van der Waals surface area contributed by atoms with E-state index in [-0.39, 0.29) is 16.9 Å². The smallest absolute Gasteiger partial charge is 0.319 e. The molecule has 0 aliphatic heterocycles. The Labute approximate surface area is 212 Å². The first-order valence-corrected chi connectivity index (χ1v) is 12.7. The first-order valence-electron chi connectivity index (χ1n) is 11.8. The minimum atomic E-state index is -0.265. The van der Waals surface area contributed by atoms with Gasteiger partial charge in [-0.1, -0.05) is 53.7 Å². The number of hydrogen-bond donors (Lipinski definition) is 4. The van der Waals surface area contributed by atoms with Crippen molar-refractivity contribution in [3.63, 3.8) is 0 Å². The van der Waals surface area contributed by atoms with E-state index >= 15 is 0 Å². The average molecular weight is 493 g/mol. The van der Waals surface area contributed by atoms with Crippen LogP contribution in [0.1, 0.15) is 58.2 Å². The lowest BCUT2D eigenvalue weighted by atomic mass is 9.79. The highest BCUT2D eigenvalue weighted by Gasteiger charge is 2.26. The second kappa shape index (κ2) is 11.0. The van der Waals surface area contributed by atoms with Crippen LogP contribution in [0.5, 0.6) is 5.75 Å². The lowest BCUT2D eigenvalue weighted by molar-refractivity contribution is 0.252. The van der Waals surface area contributed by atoms with E-state index in [4.69, 9.17) is 0 Å². The van der Waals surface area contributed by atoms with Crippen molar-refractivity contribution in [2.75, 3.05) is 17.2 Å². The fourth-order valence-electron chi connectivity index (χ4n) is 3.63. The molecule has 186 valence electrons. The molecule has 3 rings (SSSR count). The second-order valence-electron chi connectivity index (χ2n) is 10.6. The number of benzene rings is 2. The molecule has 2 aromatic carbocycles. The molecule has 3 aromatic rings. The third kappa shape index (κ3) is 7.59. The number of phenolic OH excluding ortho intramolecular Hbond substituents is 1. The number of anilines is 2. The summed E-state index contributed by atoms with van der Waals surface area (Å²) in [6, 6.07) is 15.4. The zero-order chi connectivity index (χ0) is 25.6. The molecule has 4 N–H and O–H groups in total. The van der Waals surface area contributed by atoms with Gasteiger partial charge in [0.2, 0.25) is 0 Å². The van der Waals surface area contributed by atoms with Crippen molar-refractivity contribution in [3.8, 4) is 5.75 Å². The Balaban J connectivity index is 1.55. The van der Waals surface area contributed by atoms with Crippen molar-refractivity contribution in [1.29, 1.82) is 0 Å². The van der Waals surface area contributed by atoms with Gasteiger partial charge in [0.25, 0.3) is 0 Å². The van der Waals surface area contributed by atoms with Crippen LogP contribution in [0.3, 0.4) is 0 Å². The Bertz CT molecular complexity index is 1120. The number of nitrogens with zero attached hydrogens (tertiary/aromatic N) is 1. The van der Waals surface area contributed by atoms with Gasteiger partial charge in [-0.15, -0.1) is 11.3 Å². The molecule has 0 atom stereocenters. The Kier molecular flexibility index (Phi) is 8.22. The zero-order valence-electron chi connectivity index (χ0n) is 21.4. The molecule has 0 spiro atoms. The van der Waals surface area contributed by atoms with Crippen LogP contribution in [-0.2, 0) is 17.3 Å². The number of phenols is 1. The summed E-state index contributed by atoms with van der Waals surface area (Å²) in [4.78, 5) is 16.9. The van der Waals surface area contributed by atoms with E-state index < -0.39 is 0 Å². The molecule has 0 saturated heterocycles. The number of thiophene rings is 1. The van der Waals surface area contributed by atoms with Crippen molar-refractivity contribution >= 4 is 40.1 Å². The number of aromatic hydroxyl groups is 1. The van der Waals surface area contributed by atoms with E-state index in [1.807, 2.05) is 53.9 Å². The molecule has 0 aliphatic rings. The number of nitrogens with one attached hydrogen (secondary N) is 3. The van der Waals surface area contributed by atoms with Crippen molar-refractivity contribution in [2.45, 2.75) is 58.8 Å². The predicted molar refractivity (Wildman–Crippen MR) is 149 cm³/mol. The van der Waals surface area contributed by atoms with Gasteiger partial charge in [0.1, 0.15) is 10.8 Å². The predicted octanol–water partition coefficient (Wildman–Crippen LogP) is 7.18. The SMILES string of the molecule is CC(C)(C)c1cc(NC(=O)NCCc2ccc(N/C=N/c3cccs3)cc2)cc(C(C)(C)C)c1O. The van der Waals surface area contributed by atoms with Gasteiger partial charge in [-0.3, -0.25) is 0 Å². The molecule has 0 unspecified atom stereocenters. The van der Waals surface area contributed by atoms with E-state index in [2.05, 4.69) is 62.5 Å².